The van der Waals surface area contributed by atoms with E-state index in [2.05, 4.69) is 39.8 Å². The highest BCUT2D eigenvalue weighted by Crippen LogP contribution is 2.15. The smallest absolute Gasteiger partial charge is 0.296 e. The molecule has 0 aliphatic carbocycles. The van der Waals surface area contributed by atoms with E-state index in [1.54, 1.807) is 0 Å². The van der Waals surface area contributed by atoms with Gasteiger partial charge in [0.2, 0.25) is 10.1 Å². The van der Waals surface area contributed by atoms with Crippen LogP contribution in [0.2, 0.25) is 0 Å². The van der Waals surface area contributed by atoms with E-state index in [9.17, 15) is 4.79 Å². The number of carbonyl (C=O) groups excluding carboxylic acids is 1. The molecule has 1 aromatic rings. The second-order valence-corrected chi connectivity index (χ2v) is 5.55. The lowest BCUT2D eigenvalue weighted by Gasteiger charge is -2.31. The Kier molecular flexibility index (Phi) is 5.06. The van der Waals surface area contributed by atoms with Crippen LogP contribution in [0.15, 0.2) is 0 Å². The maximum Gasteiger partial charge on any atom is 0.296 e. The van der Waals surface area contributed by atoms with Crippen LogP contribution in [0, 0.1) is 0 Å². The molecule has 2 N–H and O–H groups in total. The number of hydrogen-bond donors (Lipinski definition) is 2. The zero-order valence-electron chi connectivity index (χ0n) is 11.3. The zero-order valence-corrected chi connectivity index (χ0v) is 12.2. The standard InChI is InChI=1S/C11H20N6OS/c1-3-4-12-11-14-13-10(19-11)9(18)15-17-7-5-16(2)6-8-17/h3-8H2,1-2H3,(H,12,14)(H,15,18). The first-order valence-electron chi connectivity index (χ1n) is 6.51. The predicted molar refractivity (Wildman–Crippen MR) is 75.2 cm³/mol. The van der Waals surface area contributed by atoms with Crippen LogP contribution in [-0.4, -0.2) is 65.8 Å². The predicted octanol–water partition coefficient (Wildman–Crippen LogP) is 0.252. The number of rotatable bonds is 5. The van der Waals surface area contributed by atoms with Gasteiger partial charge in [0, 0.05) is 32.7 Å². The number of piperazine rings is 1. The molecule has 2 heterocycles. The fourth-order valence-electron chi connectivity index (χ4n) is 1.73. The average molecular weight is 284 g/mol. The zero-order chi connectivity index (χ0) is 13.7. The molecule has 0 spiro atoms. The molecule has 0 saturated carbocycles. The largest absolute Gasteiger partial charge is 0.360 e. The minimum absolute atomic E-state index is 0.174. The highest BCUT2D eigenvalue weighted by Gasteiger charge is 2.19. The van der Waals surface area contributed by atoms with E-state index in [1.165, 1.54) is 11.3 Å². The Balaban J connectivity index is 1.84. The number of amides is 1. The molecule has 8 heteroatoms. The second kappa shape index (κ2) is 6.78. The molecule has 0 atom stereocenters. The van der Waals surface area contributed by atoms with Crippen molar-refractivity contribution in [2.24, 2.45) is 0 Å². The normalized spacial score (nSPS) is 17.4. The number of hydrogen-bond acceptors (Lipinski definition) is 7. The molecule has 1 aromatic heterocycles. The van der Waals surface area contributed by atoms with Crippen LogP contribution in [0.3, 0.4) is 0 Å². The summed E-state index contributed by atoms with van der Waals surface area (Å²) < 4.78 is 0. The quantitative estimate of drug-likeness (QED) is 0.807. The summed E-state index contributed by atoms with van der Waals surface area (Å²) >= 11 is 1.29. The molecule has 0 bridgehead atoms. The van der Waals surface area contributed by atoms with Crippen molar-refractivity contribution in [3.05, 3.63) is 5.01 Å². The SMILES string of the molecule is CCCNc1nnc(C(=O)NN2CCN(C)CC2)s1. The molecule has 7 nitrogen and oxygen atoms in total. The monoisotopic (exact) mass is 284 g/mol. The number of nitrogens with zero attached hydrogens (tertiary/aromatic N) is 4. The molecule has 1 fully saturated rings. The van der Waals surface area contributed by atoms with E-state index in [0.717, 1.165) is 39.1 Å². The number of likely N-dealkylation sites (N-methyl/N-ethyl adjacent to an activating group) is 1. The molecule has 0 aromatic carbocycles. The van der Waals surface area contributed by atoms with Crippen molar-refractivity contribution < 1.29 is 4.79 Å². The van der Waals surface area contributed by atoms with Gasteiger partial charge in [-0.15, -0.1) is 10.2 Å². The summed E-state index contributed by atoms with van der Waals surface area (Å²) in [5.74, 6) is -0.174. The lowest BCUT2D eigenvalue weighted by atomic mass is 10.4. The molecule has 1 saturated heterocycles. The molecule has 0 unspecified atom stereocenters. The molecule has 0 radical (unpaired) electrons. The van der Waals surface area contributed by atoms with Crippen LogP contribution in [0.25, 0.3) is 0 Å². The Morgan fingerprint density at radius 2 is 2.05 bits per heavy atom. The van der Waals surface area contributed by atoms with Gasteiger partial charge in [-0.1, -0.05) is 18.3 Å². The summed E-state index contributed by atoms with van der Waals surface area (Å²) in [7, 11) is 2.08. The van der Waals surface area contributed by atoms with Gasteiger partial charge in [-0.3, -0.25) is 10.2 Å². The Hall–Kier alpha value is -1.25. The van der Waals surface area contributed by atoms with Crippen LogP contribution in [0.4, 0.5) is 5.13 Å². The van der Waals surface area contributed by atoms with E-state index in [1.807, 2.05) is 5.01 Å². The highest BCUT2D eigenvalue weighted by molar-refractivity contribution is 7.17. The first kappa shape index (κ1) is 14.2. The van der Waals surface area contributed by atoms with E-state index in [4.69, 9.17) is 0 Å². The van der Waals surface area contributed by atoms with E-state index in [0.29, 0.717) is 10.1 Å². The molecular formula is C11H20N6OS. The lowest BCUT2D eigenvalue weighted by Crippen LogP contribution is -2.52. The summed E-state index contributed by atoms with van der Waals surface area (Å²) in [6, 6.07) is 0. The van der Waals surface area contributed by atoms with Gasteiger partial charge in [0.25, 0.3) is 5.91 Å². The van der Waals surface area contributed by atoms with Gasteiger partial charge < -0.3 is 10.2 Å². The second-order valence-electron chi connectivity index (χ2n) is 4.57. The Morgan fingerprint density at radius 3 is 2.74 bits per heavy atom. The number of carbonyl (C=O) groups is 1. The van der Waals surface area contributed by atoms with E-state index in [-0.39, 0.29) is 5.91 Å². The topological polar surface area (TPSA) is 73.4 Å². The maximum atomic E-state index is 12.0. The molecule has 1 amide bonds. The first-order valence-corrected chi connectivity index (χ1v) is 7.32. The highest BCUT2D eigenvalue weighted by atomic mass is 32.1. The minimum Gasteiger partial charge on any atom is -0.360 e. The van der Waals surface area contributed by atoms with Crippen LogP contribution in [0.1, 0.15) is 23.1 Å². The number of anilines is 1. The summed E-state index contributed by atoms with van der Waals surface area (Å²) in [4.78, 5) is 14.2. The van der Waals surface area contributed by atoms with Crippen LogP contribution < -0.4 is 10.7 Å². The summed E-state index contributed by atoms with van der Waals surface area (Å²) in [6.45, 7) is 6.51. The van der Waals surface area contributed by atoms with Gasteiger partial charge in [0.05, 0.1) is 0 Å². The van der Waals surface area contributed by atoms with Crippen molar-refractivity contribution in [1.29, 1.82) is 0 Å². The van der Waals surface area contributed by atoms with Crippen molar-refractivity contribution in [2.75, 3.05) is 45.1 Å². The van der Waals surface area contributed by atoms with Gasteiger partial charge in [-0.2, -0.15) is 0 Å². The van der Waals surface area contributed by atoms with Gasteiger partial charge in [0.1, 0.15) is 0 Å². The first-order chi connectivity index (χ1) is 9.19. The fourth-order valence-corrected chi connectivity index (χ4v) is 2.39. The van der Waals surface area contributed by atoms with Gasteiger partial charge in [-0.05, 0) is 13.5 Å². The number of hydrazine groups is 1. The number of aromatic nitrogens is 2. The van der Waals surface area contributed by atoms with Crippen molar-refractivity contribution >= 4 is 22.4 Å². The van der Waals surface area contributed by atoms with Crippen molar-refractivity contribution in [1.82, 2.24) is 25.5 Å². The molecule has 106 valence electrons. The third-order valence-electron chi connectivity index (χ3n) is 2.91. The fraction of sp³-hybridized carbons (Fsp3) is 0.727. The number of nitrogens with one attached hydrogen (secondary N) is 2. The van der Waals surface area contributed by atoms with E-state index < -0.39 is 0 Å². The summed E-state index contributed by atoms with van der Waals surface area (Å²) in [6.07, 6.45) is 1.02. The molecule has 19 heavy (non-hydrogen) atoms. The molecular weight excluding hydrogens is 264 g/mol. The van der Waals surface area contributed by atoms with Crippen molar-refractivity contribution in [2.45, 2.75) is 13.3 Å². The molecule has 1 aliphatic heterocycles. The van der Waals surface area contributed by atoms with Crippen molar-refractivity contribution in [3.8, 4) is 0 Å². The van der Waals surface area contributed by atoms with E-state index >= 15 is 0 Å². The maximum absolute atomic E-state index is 12.0. The lowest BCUT2D eigenvalue weighted by molar-refractivity contribution is 0.0661. The average Bonchev–Trinajstić information content (AvgIpc) is 2.88. The third kappa shape index (κ3) is 4.12. The molecule has 1 aliphatic rings. The Morgan fingerprint density at radius 1 is 1.32 bits per heavy atom. The van der Waals surface area contributed by atoms with Crippen LogP contribution in [0.5, 0.6) is 0 Å². The summed E-state index contributed by atoms with van der Waals surface area (Å²) in [5.41, 5.74) is 2.87. The Labute approximate surface area is 117 Å². The Bertz CT molecular complexity index is 415. The van der Waals surface area contributed by atoms with Crippen molar-refractivity contribution in [3.63, 3.8) is 0 Å². The molecule has 2 rings (SSSR count). The minimum atomic E-state index is -0.174. The van der Waals surface area contributed by atoms with Crippen LogP contribution in [-0.2, 0) is 0 Å². The van der Waals surface area contributed by atoms with Gasteiger partial charge >= 0.3 is 0 Å². The van der Waals surface area contributed by atoms with Gasteiger partial charge in [-0.25, -0.2) is 5.01 Å². The summed E-state index contributed by atoms with van der Waals surface area (Å²) in [5, 5.41) is 14.0. The van der Waals surface area contributed by atoms with Crippen LogP contribution >= 0.6 is 11.3 Å². The third-order valence-corrected chi connectivity index (χ3v) is 3.79. The van der Waals surface area contributed by atoms with Gasteiger partial charge in [0.15, 0.2) is 0 Å².